The quantitative estimate of drug-likeness (QED) is 0.0121. The number of nitrogens with zero attached hydrogens (tertiary/aromatic N) is 3. The highest BCUT2D eigenvalue weighted by Crippen LogP contribution is 2.24. The molecular weight excluding hydrogens is 793 g/mol. The Balaban J connectivity index is 2.33. The molecule has 0 spiro atoms. The molecular formula is C41H68N10O8S. The second-order valence-electron chi connectivity index (χ2n) is 16.0. The number of amides is 1. The van der Waals surface area contributed by atoms with E-state index < -0.39 is 59.8 Å². The highest BCUT2D eigenvalue weighted by Gasteiger charge is 2.41. The van der Waals surface area contributed by atoms with Gasteiger partial charge in [-0.3, -0.25) is 29.1 Å². The monoisotopic (exact) mass is 860 g/mol. The number of guanidine groups is 1. The number of carbonyl (C=O) groups excluding carboxylic acids is 7. The van der Waals surface area contributed by atoms with Gasteiger partial charge in [-0.15, -0.1) is 0 Å². The highest BCUT2D eigenvalue weighted by molar-refractivity contribution is 7.98. The summed E-state index contributed by atoms with van der Waals surface area (Å²) in [6, 6.07) is 0.755. The third kappa shape index (κ3) is 17.9. The molecule has 0 aliphatic carbocycles. The van der Waals surface area contributed by atoms with Crippen molar-refractivity contribution in [2.75, 3.05) is 31.6 Å². The Morgan fingerprint density at radius 3 is 2.27 bits per heavy atom. The molecule has 7 atom stereocenters. The first kappa shape index (κ1) is 52.0. The first-order valence-corrected chi connectivity index (χ1v) is 22.1. The third-order valence-electron chi connectivity index (χ3n) is 10.3. The lowest BCUT2D eigenvalue weighted by atomic mass is 9.95. The van der Waals surface area contributed by atoms with E-state index in [4.69, 9.17) is 11.5 Å². The predicted octanol–water partition coefficient (Wildman–Crippen LogP) is 0.355. The van der Waals surface area contributed by atoms with E-state index in [-0.39, 0.29) is 68.1 Å². The number of likely N-dealkylation sites (tertiary alicyclic amines) is 1. The van der Waals surface area contributed by atoms with Gasteiger partial charge < -0.3 is 36.3 Å². The molecule has 336 valence electrons. The fraction of sp³-hybridized carbons (Fsp3) is 0.659. The van der Waals surface area contributed by atoms with Crippen LogP contribution in [0.15, 0.2) is 29.3 Å². The smallest absolute Gasteiger partial charge is 0.239 e. The fourth-order valence-electron chi connectivity index (χ4n) is 6.96. The zero-order valence-corrected chi connectivity index (χ0v) is 36.7. The van der Waals surface area contributed by atoms with Crippen molar-refractivity contribution in [1.82, 2.24) is 37.0 Å². The minimum atomic E-state index is -1.24. The minimum absolute atomic E-state index is 0.0376. The van der Waals surface area contributed by atoms with Crippen LogP contribution in [-0.2, 0) is 40.0 Å². The van der Waals surface area contributed by atoms with E-state index in [1.54, 1.807) is 23.9 Å². The van der Waals surface area contributed by atoms with Gasteiger partial charge in [0, 0.05) is 19.0 Å². The normalized spacial score (nSPS) is 17.4. The molecule has 60 heavy (non-hydrogen) atoms. The molecule has 0 saturated carbocycles. The Labute approximate surface area is 358 Å². The van der Waals surface area contributed by atoms with Crippen LogP contribution in [0, 0.1) is 11.8 Å². The van der Waals surface area contributed by atoms with E-state index in [1.165, 1.54) is 17.3 Å². The first-order valence-electron chi connectivity index (χ1n) is 20.7. The Morgan fingerprint density at radius 2 is 1.68 bits per heavy atom. The number of phenols is 1. The number of Topliss-reactive ketones (excluding diaryl/α,β-unsaturated/α-hetero) is 3. The summed E-state index contributed by atoms with van der Waals surface area (Å²) in [4.78, 5) is 97.2. The topological polar surface area (TPSA) is 271 Å². The van der Waals surface area contributed by atoms with Gasteiger partial charge in [-0.2, -0.15) is 16.9 Å². The summed E-state index contributed by atoms with van der Waals surface area (Å²) in [6.45, 7) is 10.0. The summed E-state index contributed by atoms with van der Waals surface area (Å²) in [5, 5.41) is 14.0. The Bertz CT molecular complexity index is 1560. The zero-order chi connectivity index (χ0) is 44.8. The molecule has 10 N–H and O–H groups in total. The number of aliphatic imine (C=N–C) groups is 1. The van der Waals surface area contributed by atoms with Crippen molar-refractivity contribution in [3.63, 3.8) is 0 Å². The van der Waals surface area contributed by atoms with Crippen LogP contribution in [-0.4, -0.2) is 137 Å². The van der Waals surface area contributed by atoms with Gasteiger partial charge in [0.15, 0.2) is 11.7 Å². The average molecular weight is 861 g/mol. The maximum absolute atomic E-state index is 14.2. The Kier molecular flexibility index (Phi) is 24.0. The largest absolute Gasteiger partial charge is 0.508 e. The lowest BCUT2D eigenvalue weighted by Gasteiger charge is -2.34. The maximum atomic E-state index is 14.2. The number of nitrogens with two attached hydrogens (primary N) is 2. The molecule has 18 nitrogen and oxygen atoms in total. The second-order valence-corrected chi connectivity index (χ2v) is 17.0. The number of aldehydes is 3. The molecule has 0 aromatic heterocycles. The fourth-order valence-corrected chi connectivity index (χ4v) is 7.43. The SMILES string of the molecule is CSCC[C@H](NN(NCC=O)[C@H](C=O)CC(C)C)C(=O)CC(C)N1CCC[C@H]1C(=O)C(=O)[C@H](CCCN=C(N)N)NC(=O)[C@H](Cc1ccc(O)cc1)NN[C@H](C=O)C(C)C. The number of benzene rings is 1. The van der Waals surface area contributed by atoms with Crippen molar-refractivity contribution in [1.29, 1.82) is 0 Å². The molecule has 0 radical (unpaired) electrons. The summed E-state index contributed by atoms with van der Waals surface area (Å²) in [6.07, 6.45) is 6.45. The standard InChI is InChI=1S/C41H68N10O8S/c1-26(2)21-30(24-53)51(45-17-19-52)49-32(15-20-60-6)37(56)22-28(5)50-18-8-10-36(50)39(58)38(57)33(9-7-16-44-41(42)43)46-40(59)34(47-48-35(25-54)27(3)4)23-29-11-13-31(55)14-12-29/h11-14,19,24-28,30,32-36,45,47-49,55H,7-10,15-18,20-23H2,1-6H3,(H,46,59)(H4,42,43,44)/t28?,30-,32-,33-,34-,35+,36-/m0/s1. The number of carbonyl (C=O) groups is 7. The number of nitrogens with one attached hydrogen (secondary N) is 5. The van der Waals surface area contributed by atoms with Crippen molar-refractivity contribution < 1.29 is 38.7 Å². The van der Waals surface area contributed by atoms with Gasteiger partial charge in [-0.25, -0.2) is 21.7 Å². The van der Waals surface area contributed by atoms with Gasteiger partial charge in [0.1, 0.15) is 30.6 Å². The molecule has 1 saturated heterocycles. The van der Waals surface area contributed by atoms with Crippen molar-refractivity contribution >= 4 is 59.8 Å². The summed E-state index contributed by atoms with van der Waals surface area (Å²) >= 11 is 1.56. The molecule has 0 bridgehead atoms. The molecule has 1 amide bonds. The number of aromatic hydroxyl groups is 1. The Hall–Kier alpha value is -4.11. The zero-order valence-electron chi connectivity index (χ0n) is 35.9. The number of phenolic OH excluding ortho intramolecular Hbond substituents is 1. The molecule has 1 unspecified atom stereocenters. The van der Waals surface area contributed by atoms with E-state index in [1.807, 2.05) is 45.8 Å². The maximum Gasteiger partial charge on any atom is 0.239 e. The molecule has 1 aliphatic rings. The summed E-state index contributed by atoms with van der Waals surface area (Å²) in [7, 11) is 0. The minimum Gasteiger partial charge on any atom is -0.508 e. The predicted molar refractivity (Wildman–Crippen MR) is 232 cm³/mol. The van der Waals surface area contributed by atoms with Gasteiger partial charge in [0.05, 0.1) is 36.8 Å². The second kappa shape index (κ2) is 27.7. The van der Waals surface area contributed by atoms with E-state index in [9.17, 15) is 38.7 Å². The van der Waals surface area contributed by atoms with Crippen molar-refractivity contribution in [3.05, 3.63) is 29.8 Å². The van der Waals surface area contributed by atoms with Crippen LogP contribution < -0.4 is 38.5 Å². The number of hydrogen-bond acceptors (Lipinski definition) is 16. The van der Waals surface area contributed by atoms with Crippen molar-refractivity contribution in [3.8, 4) is 5.75 Å². The van der Waals surface area contributed by atoms with E-state index >= 15 is 0 Å². The lowest BCUT2D eigenvalue weighted by Crippen LogP contribution is -2.60. The van der Waals surface area contributed by atoms with Crippen LogP contribution in [0.3, 0.4) is 0 Å². The van der Waals surface area contributed by atoms with Gasteiger partial charge in [-0.1, -0.05) is 39.8 Å². The molecule has 1 fully saturated rings. The van der Waals surface area contributed by atoms with Crippen molar-refractivity contribution in [2.24, 2.45) is 28.3 Å². The summed E-state index contributed by atoms with van der Waals surface area (Å²) < 4.78 is 0. The number of thioether (sulfide) groups is 1. The number of ketones is 3. The summed E-state index contributed by atoms with van der Waals surface area (Å²) in [5.74, 6) is -1.66. The molecule has 19 heteroatoms. The number of hydrogen-bond donors (Lipinski definition) is 8. The highest BCUT2D eigenvalue weighted by atomic mass is 32.2. The van der Waals surface area contributed by atoms with E-state index in [0.29, 0.717) is 49.8 Å². The lowest BCUT2D eigenvalue weighted by molar-refractivity contribution is -0.142. The van der Waals surface area contributed by atoms with Crippen LogP contribution in [0.2, 0.25) is 0 Å². The first-order chi connectivity index (χ1) is 28.6. The van der Waals surface area contributed by atoms with Gasteiger partial charge in [0.25, 0.3) is 0 Å². The molecule has 2 rings (SSSR count). The van der Waals surface area contributed by atoms with Crippen LogP contribution in [0.1, 0.15) is 85.1 Å². The van der Waals surface area contributed by atoms with Gasteiger partial charge >= 0.3 is 0 Å². The van der Waals surface area contributed by atoms with Gasteiger partial charge in [-0.05, 0) is 100.0 Å². The Morgan fingerprint density at radius 1 is 0.983 bits per heavy atom. The molecule has 1 heterocycles. The van der Waals surface area contributed by atoms with Crippen LogP contribution in [0.25, 0.3) is 0 Å². The van der Waals surface area contributed by atoms with E-state index in [0.717, 1.165) is 12.6 Å². The van der Waals surface area contributed by atoms with E-state index in [2.05, 4.69) is 32.0 Å². The third-order valence-corrected chi connectivity index (χ3v) is 10.9. The average Bonchev–Trinajstić information content (AvgIpc) is 3.71. The van der Waals surface area contributed by atoms with Crippen LogP contribution in [0.5, 0.6) is 5.75 Å². The number of rotatable bonds is 32. The molecule has 1 aliphatic heterocycles. The van der Waals surface area contributed by atoms with Crippen LogP contribution in [0.4, 0.5) is 0 Å². The van der Waals surface area contributed by atoms with Crippen molar-refractivity contribution in [2.45, 2.75) is 128 Å². The summed E-state index contributed by atoms with van der Waals surface area (Å²) in [5.41, 5.74) is 23.6. The molecule has 1 aromatic rings. The van der Waals surface area contributed by atoms with Crippen LogP contribution >= 0.6 is 11.8 Å². The molecule has 1 aromatic carbocycles. The van der Waals surface area contributed by atoms with Gasteiger partial charge in [0.2, 0.25) is 17.5 Å². The number of hydrazine groups is 3.